The summed E-state index contributed by atoms with van der Waals surface area (Å²) in [7, 11) is 0. The quantitative estimate of drug-likeness (QED) is 0.677. The molecule has 112 valence electrons. The van der Waals surface area contributed by atoms with Gasteiger partial charge >= 0.3 is 0 Å². The van der Waals surface area contributed by atoms with Crippen molar-refractivity contribution < 1.29 is 13.7 Å². The number of hydrogen-bond donors (Lipinski definition) is 1. The molecule has 0 aliphatic rings. The van der Waals surface area contributed by atoms with Crippen molar-refractivity contribution in [3.8, 4) is 5.69 Å². The molecule has 2 aromatic rings. The molecule has 0 spiro atoms. The van der Waals surface area contributed by atoms with Crippen LogP contribution in [0.4, 0.5) is 20.3 Å². The standard InChI is InChI=1S/C12H13F2N5O2/c1-12(2,3)10-11(15)16-17-18(10)9-7(19(20)21)5-4-6(13)8(9)14/h4-5H,15H2,1-3H3. The molecule has 1 aromatic heterocycles. The van der Waals surface area contributed by atoms with Gasteiger partial charge in [-0.2, -0.15) is 0 Å². The maximum absolute atomic E-state index is 14.1. The van der Waals surface area contributed by atoms with Crippen LogP contribution in [-0.4, -0.2) is 19.9 Å². The number of nitro benzene ring substituents is 1. The van der Waals surface area contributed by atoms with E-state index in [0.717, 1.165) is 10.7 Å². The van der Waals surface area contributed by atoms with Crippen LogP contribution in [0.25, 0.3) is 5.69 Å². The first kappa shape index (κ1) is 14.8. The highest BCUT2D eigenvalue weighted by Gasteiger charge is 2.31. The van der Waals surface area contributed by atoms with Crippen LogP contribution in [0.5, 0.6) is 0 Å². The van der Waals surface area contributed by atoms with Gasteiger partial charge in [0.2, 0.25) is 0 Å². The number of nitro groups is 1. The zero-order valence-electron chi connectivity index (χ0n) is 11.6. The molecule has 0 bridgehead atoms. The van der Waals surface area contributed by atoms with E-state index in [1.807, 2.05) is 0 Å². The van der Waals surface area contributed by atoms with Gasteiger partial charge in [-0.3, -0.25) is 10.1 Å². The fourth-order valence-corrected chi connectivity index (χ4v) is 2.03. The second-order valence-corrected chi connectivity index (χ2v) is 5.47. The van der Waals surface area contributed by atoms with E-state index < -0.39 is 33.3 Å². The first-order valence-corrected chi connectivity index (χ1v) is 5.99. The number of nitrogen functional groups attached to an aromatic ring is 1. The number of benzene rings is 1. The molecular formula is C12H13F2N5O2. The molecule has 21 heavy (non-hydrogen) atoms. The number of aromatic nitrogens is 3. The Bertz CT molecular complexity index is 721. The second kappa shape index (κ2) is 4.76. The van der Waals surface area contributed by atoms with Crippen molar-refractivity contribution in [2.45, 2.75) is 26.2 Å². The summed E-state index contributed by atoms with van der Waals surface area (Å²) in [4.78, 5) is 10.2. The van der Waals surface area contributed by atoms with Crippen LogP contribution in [0.15, 0.2) is 12.1 Å². The summed E-state index contributed by atoms with van der Waals surface area (Å²) in [5.41, 5.74) is 4.10. The highest BCUT2D eigenvalue weighted by Crippen LogP contribution is 2.33. The fraction of sp³-hybridized carbons (Fsp3) is 0.333. The lowest BCUT2D eigenvalue weighted by Crippen LogP contribution is -2.20. The molecule has 0 fully saturated rings. The topological polar surface area (TPSA) is 99.9 Å². The van der Waals surface area contributed by atoms with Gasteiger partial charge in [-0.25, -0.2) is 13.5 Å². The van der Waals surface area contributed by atoms with Gasteiger partial charge in [-0.15, -0.1) is 5.10 Å². The molecule has 0 unspecified atom stereocenters. The maximum atomic E-state index is 14.1. The third kappa shape index (κ3) is 2.41. The van der Waals surface area contributed by atoms with Crippen LogP contribution in [0.1, 0.15) is 26.5 Å². The summed E-state index contributed by atoms with van der Waals surface area (Å²) in [6.45, 7) is 5.25. The van der Waals surface area contributed by atoms with Crippen molar-refractivity contribution in [2.75, 3.05) is 5.73 Å². The zero-order chi connectivity index (χ0) is 15.9. The monoisotopic (exact) mass is 297 g/mol. The summed E-state index contributed by atoms with van der Waals surface area (Å²) < 4.78 is 28.4. The van der Waals surface area contributed by atoms with Crippen LogP contribution in [0.2, 0.25) is 0 Å². The van der Waals surface area contributed by atoms with Gasteiger partial charge in [0.25, 0.3) is 5.69 Å². The minimum absolute atomic E-state index is 0.000425. The second-order valence-electron chi connectivity index (χ2n) is 5.47. The Morgan fingerprint density at radius 1 is 1.33 bits per heavy atom. The van der Waals surface area contributed by atoms with Gasteiger partial charge in [0, 0.05) is 11.5 Å². The average molecular weight is 297 g/mol. The molecule has 0 aliphatic carbocycles. The molecule has 2 rings (SSSR count). The van der Waals surface area contributed by atoms with Crippen molar-refractivity contribution in [3.05, 3.63) is 39.6 Å². The summed E-state index contributed by atoms with van der Waals surface area (Å²) in [6.07, 6.45) is 0. The van der Waals surface area contributed by atoms with E-state index in [4.69, 9.17) is 5.73 Å². The van der Waals surface area contributed by atoms with E-state index >= 15 is 0 Å². The molecule has 9 heteroatoms. The highest BCUT2D eigenvalue weighted by molar-refractivity contribution is 5.56. The van der Waals surface area contributed by atoms with Crippen molar-refractivity contribution in [1.82, 2.24) is 15.0 Å². The summed E-state index contributed by atoms with van der Waals surface area (Å²) in [5.74, 6) is -2.59. The number of halogens is 2. The lowest BCUT2D eigenvalue weighted by atomic mass is 9.91. The normalized spacial score (nSPS) is 11.7. The lowest BCUT2D eigenvalue weighted by molar-refractivity contribution is -0.384. The molecule has 0 saturated carbocycles. The molecule has 2 N–H and O–H groups in total. The minimum atomic E-state index is -1.38. The molecule has 1 aromatic carbocycles. The Labute approximate surface area is 118 Å². The first-order valence-electron chi connectivity index (χ1n) is 5.99. The Balaban J connectivity index is 2.86. The van der Waals surface area contributed by atoms with Crippen LogP contribution in [0, 0.1) is 21.7 Å². The molecule has 0 saturated heterocycles. The van der Waals surface area contributed by atoms with Crippen molar-refractivity contribution >= 4 is 11.5 Å². The largest absolute Gasteiger partial charge is 0.381 e. The lowest BCUT2D eigenvalue weighted by Gasteiger charge is -2.20. The predicted molar refractivity (Wildman–Crippen MR) is 71.0 cm³/mol. The van der Waals surface area contributed by atoms with Gasteiger partial charge in [0.1, 0.15) is 0 Å². The summed E-state index contributed by atoms with van der Waals surface area (Å²) in [5, 5.41) is 18.3. The van der Waals surface area contributed by atoms with Gasteiger partial charge in [0.05, 0.1) is 10.6 Å². The van der Waals surface area contributed by atoms with Crippen molar-refractivity contribution in [1.29, 1.82) is 0 Å². The SMILES string of the molecule is CC(C)(C)c1c(N)nnn1-c1c([N+](=O)[O-])ccc(F)c1F. The number of hydrogen-bond acceptors (Lipinski definition) is 5. The van der Waals surface area contributed by atoms with Gasteiger partial charge in [0.15, 0.2) is 23.1 Å². The van der Waals surface area contributed by atoms with E-state index in [1.54, 1.807) is 20.8 Å². The van der Waals surface area contributed by atoms with E-state index in [2.05, 4.69) is 10.3 Å². The Hall–Kier alpha value is -2.58. The summed E-state index contributed by atoms with van der Waals surface area (Å²) >= 11 is 0. The van der Waals surface area contributed by atoms with Crippen LogP contribution in [-0.2, 0) is 5.41 Å². The molecule has 0 amide bonds. The number of nitrogens with zero attached hydrogens (tertiary/aromatic N) is 4. The number of anilines is 1. The van der Waals surface area contributed by atoms with E-state index in [1.165, 1.54) is 0 Å². The molecule has 1 heterocycles. The maximum Gasteiger partial charge on any atom is 0.298 e. The molecular weight excluding hydrogens is 284 g/mol. The average Bonchev–Trinajstić information content (AvgIpc) is 2.73. The molecule has 0 aliphatic heterocycles. The van der Waals surface area contributed by atoms with Crippen LogP contribution >= 0.6 is 0 Å². The van der Waals surface area contributed by atoms with Crippen molar-refractivity contribution in [2.24, 2.45) is 0 Å². The fourth-order valence-electron chi connectivity index (χ4n) is 2.03. The minimum Gasteiger partial charge on any atom is -0.381 e. The van der Waals surface area contributed by atoms with Gasteiger partial charge < -0.3 is 5.73 Å². The van der Waals surface area contributed by atoms with E-state index in [0.29, 0.717) is 6.07 Å². The Morgan fingerprint density at radius 2 is 1.95 bits per heavy atom. The zero-order valence-corrected chi connectivity index (χ0v) is 11.6. The molecule has 0 radical (unpaired) electrons. The third-order valence-corrected chi connectivity index (χ3v) is 2.86. The Morgan fingerprint density at radius 3 is 2.48 bits per heavy atom. The van der Waals surface area contributed by atoms with E-state index in [9.17, 15) is 18.9 Å². The van der Waals surface area contributed by atoms with Gasteiger partial charge in [-0.05, 0) is 6.07 Å². The smallest absolute Gasteiger partial charge is 0.298 e. The molecule has 7 nitrogen and oxygen atoms in total. The highest BCUT2D eigenvalue weighted by atomic mass is 19.2. The van der Waals surface area contributed by atoms with Crippen LogP contribution < -0.4 is 5.73 Å². The molecule has 0 atom stereocenters. The number of rotatable bonds is 2. The predicted octanol–water partition coefficient (Wildman–Crippen LogP) is 2.33. The van der Waals surface area contributed by atoms with Gasteiger partial charge in [-0.1, -0.05) is 26.0 Å². The Kier molecular flexibility index (Phi) is 3.36. The summed E-state index contributed by atoms with van der Waals surface area (Å²) in [6, 6.07) is 1.56. The first-order chi connectivity index (χ1) is 9.64. The van der Waals surface area contributed by atoms with Crippen molar-refractivity contribution in [3.63, 3.8) is 0 Å². The van der Waals surface area contributed by atoms with E-state index in [-0.39, 0.29) is 11.5 Å². The van der Waals surface area contributed by atoms with Crippen LogP contribution in [0.3, 0.4) is 0 Å². The number of nitrogens with two attached hydrogens (primary N) is 1. The third-order valence-electron chi connectivity index (χ3n) is 2.86.